The number of rotatable bonds is 1. The number of carbonyl (C=O) groups is 2. The van der Waals surface area contributed by atoms with Crippen molar-refractivity contribution >= 4 is 11.8 Å². The highest BCUT2D eigenvalue weighted by molar-refractivity contribution is 6.16. The molecule has 4 nitrogen and oxygen atoms in total. The maximum atomic E-state index is 11.3. The second-order valence-electron chi connectivity index (χ2n) is 3.75. The molecule has 0 bridgehead atoms. The normalized spacial score (nSPS) is 22.7. The van der Waals surface area contributed by atoms with Gasteiger partial charge in [-0.15, -0.1) is 0 Å². The molecule has 0 unspecified atom stereocenters. The standard InChI is InChI=1S/C10H13NO2.H3N/c12-9-6-8(10(13)11-9)7-4-2-1-3-5-7;/h6-7H,1-5H2,(H,11,12,13);1H3. The maximum Gasteiger partial charge on any atom is 0.254 e. The first kappa shape index (κ1) is 10.9. The van der Waals surface area contributed by atoms with Crippen molar-refractivity contribution in [2.45, 2.75) is 32.1 Å². The Hall–Kier alpha value is -1.16. The van der Waals surface area contributed by atoms with E-state index in [1.807, 2.05) is 0 Å². The summed E-state index contributed by atoms with van der Waals surface area (Å²) >= 11 is 0. The first-order valence-electron chi connectivity index (χ1n) is 4.84. The topological polar surface area (TPSA) is 81.2 Å². The van der Waals surface area contributed by atoms with Crippen LogP contribution >= 0.6 is 0 Å². The molecule has 14 heavy (non-hydrogen) atoms. The molecule has 4 N–H and O–H groups in total. The average molecular weight is 196 g/mol. The van der Waals surface area contributed by atoms with Crippen LogP contribution in [-0.4, -0.2) is 11.8 Å². The van der Waals surface area contributed by atoms with E-state index in [1.165, 1.54) is 25.3 Å². The van der Waals surface area contributed by atoms with E-state index >= 15 is 0 Å². The molecule has 1 aliphatic carbocycles. The van der Waals surface area contributed by atoms with Crippen LogP contribution in [-0.2, 0) is 9.59 Å². The third kappa shape index (κ3) is 2.01. The Bertz CT molecular complexity index is 278. The number of carbonyl (C=O) groups excluding carboxylic acids is 2. The van der Waals surface area contributed by atoms with Gasteiger partial charge in [-0.1, -0.05) is 19.3 Å². The van der Waals surface area contributed by atoms with E-state index in [4.69, 9.17) is 0 Å². The van der Waals surface area contributed by atoms with Crippen LogP contribution < -0.4 is 11.5 Å². The van der Waals surface area contributed by atoms with Gasteiger partial charge >= 0.3 is 0 Å². The van der Waals surface area contributed by atoms with Gasteiger partial charge in [0.15, 0.2) is 0 Å². The molecule has 2 amide bonds. The Balaban J connectivity index is 0.000000980. The van der Waals surface area contributed by atoms with Crippen LogP contribution in [0.25, 0.3) is 0 Å². The van der Waals surface area contributed by atoms with Crippen LogP contribution in [0.15, 0.2) is 11.6 Å². The minimum Gasteiger partial charge on any atom is -0.344 e. The summed E-state index contributed by atoms with van der Waals surface area (Å²) in [6.45, 7) is 0. The first-order chi connectivity index (χ1) is 6.27. The zero-order valence-corrected chi connectivity index (χ0v) is 8.21. The van der Waals surface area contributed by atoms with Crippen LogP contribution in [0.5, 0.6) is 0 Å². The zero-order chi connectivity index (χ0) is 9.26. The number of hydrogen-bond acceptors (Lipinski definition) is 3. The maximum absolute atomic E-state index is 11.3. The van der Waals surface area contributed by atoms with Gasteiger partial charge in [-0.25, -0.2) is 0 Å². The molecule has 0 saturated heterocycles. The SMILES string of the molecule is N.O=C1C=C(C2CCCCC2)C(=O)N1. The average Bonchev–Trinajstić information content (AvgIpc) is 2.47. The summed E-state index contributed by atoms with van der Waals surface area (Å²) in [6, 6.07) is 0. The van der Waals surface area contributed by atoms with E-state index in [-0.39, 0.29) is 18.0 Å². The fourth-order valence-corrected chi connectivity index (χ4v) is 2.14. The first-order valence-corrected chi connectivity index (χ1v) is 4.84. The Morgan fingerprint density at radius 3 is 2.29 bits per heavy atom. The van der Waals surface area contributed by atoms with Crippen molar-refractivity contribution in [3.63, 3.8) is 0 Å². The molecule has 0 aromatic rings. The van der Waals surface area contributed by atoms with Crippen molar-refractivity contribution < 1.29 is 9.59 Å². The fourth-order valence-electron chi connectivity index (χ4n) is 2.14. The molecule has 4 heteroatoms. The van der Waals surface area contributed by atoms with Crippen LogP contribution in [0.4, 0.5) is 0 Å². The van der Waals surface area contributed by atoms with E-state index < -0.39 is 0 Å². The van der Waals surface area contributed by atoms with Gasteiger partial charge in [0.1, 0.15) is 0 Å². The Labute approximate surface area is 83.3 Å². The molecule has 1 saturated carbocycles. The second-order valence-corrected chi connectivity index (χ2v) is 3.75. The number of nitrogens with one attached hydrogen (secondary N) is 1. The second kappa shape index (κ2) is 4.37. The molecule has 2 aliphatic rings. The van der Waals surface area contributed by atoms with Gasteiger partial charge in [0.2, 0.25) is 0 Å². The lowest BCUT2D eigenvalue weighted by Gasteiger charge is -2.21. The molecular weight excluding hydrogens is 180 g/mol. The van der Waals surface area contributed by atoms with Crippen LogP contribution in [0, 0.1) is 5.92 Å². The smallest absolute Gasteiger partial charge is 0.254 e. The van der Waals surface area contributed by atoms with Crippen molar-refractivity contribution in [2.24, 2.45) is 5.92 Å². The van der Waals surface area contributed by atoms with Gasteiger partial charge < -0.3 is 6.15 Å². The molecule has 1 fully saturated rings. The third-order valence-electron chi connectivity index (χ3n) is 2.83. The minimum absolute atomic E-state index is 0. The predicted molar refractivity (Wildman–Crippen MR) is 52.8 cm³/mol. The van der Waals surface area contributed by atoms with E-state index in [0.717, 1.165) is 12.8 Å². The van der Waals surface area contributed by atoms with Gasteiger partial charge in [-0.05, 0) is 18.8 Å². The van der Waals surface area contributed by atoms with Crippen molar-refractivity contribution in [2.75, 3.05) is 0 Å². The van der Waals surface area contributed by atoms with E-state index in [1.54, 1.807) is 0 Å². The highest BCUT2D eigenvalue weighted by atomic mass is 16.2. The summed E-state index contributed by atoms with van der Waals surface area (Å²) in [5.74, 6) is -0.0809. The summed E-state index contributed by atoms with van der Waals surface area (Å²) in [4.78, 5) is 22.2. The lowest BCUT2D eigenvalue weighted by molar-refractivity contribution is -0.124. The summed E-state index contributed by atoms with van der Waals surface area (Å²) in [5, 5.41) is 2.29. The van der Waals surface area contributed by atoms with Gasteiger partial charge in [0.25, 0.3) is 11.8 Å². The van der Waals surface area contributed by atoms with Crippen molar-refractivity contribution in [3.05, 3.63) is 11.6 Å². The predicted octanol–water partition coefficient (Wildman–Crippen LogP) is 1.31. The number of hydrogen-bond donors (Lipinski definition) is 2. The molecule has 0 aromatic carbocycles. The highest BCUT2D eigenvalue weighted by Gasteiger charge is 2.28. The van der Waals surface area contributed by atoms with E-state index in [0.29, 0.717) is 11.5 Å². The summed E-state index contributed by atoms with van der Waals surface area (Å²) in [5.41, 5.74) is 0.713. The Morgan fingerprint density at radius 2 is 1.79 bits per heavy atom. The van der Waals surface area contributed by atoms with Crippen molar-refractivity contribution in [3.8, 4) is 0 Å². The monoisotopic (exact) mass is 196 g/mol. The van der Waals surface area contributed by atoms with Gasteiger partial charge in [0, 0.05) is 11.6 Å². The third-order valence-corrected chi connectivity index (χ3v) is 2.83. The number of imide groups is 1. The zero-order valence-electron chi connectivity index (χ0n) is 8.21. The summed E-state index contributed by atoms with van der Waals surface area (Å²) < 4.78 is 0. The molecule has 0 spiro atoms. The molecule has 0 atom stereocenters. The largest absolute Gasteiger partial charge is 0.344 e. The lowest BCUT2D eigenvalue weighted by Crippen LogP contribution is -2.24. The fraction of sp³-hybridized carbons (Fsp3) is 0.600. The molecule has 0 aromatic heterocycles. The summed E-state index contributed by atoms with van der Waals surface area (Å²) in [7, 11) is 0. The van der Waals surface area contributed by atoms with Crippen molar-refractivity contribution in [1.29, 1.82) is 0 Å². The molecule has 0 radical (unpaired) electrons. The number of amides is 2. The van der Waals surface area contributed by atoms with Crippen LogP contribution in [0.1, 0.15) is 32.1 Å². The van der Waals surface area contributed by atoms with Crippen molar-refractivity contribution in [1.82, 2.24) is 11.5 Å². The van der Waals surface area contributed by atoms with E-state index in [9.17, 15) is 9.59 Å². The molecule has 1 heterocycles. The lowest BCUT2D eigenvalue weighted by atomic mass is 9.84. The Kier molecular flexibility index (Phi) is 3.41. The quantitative estimate of drug-likeness (QED) is 0.620. The minimum atomic E-state index is -0.245. The van der Waals surface area contributed by atoms with Crippen LogP contribution in [0.3, 0.4) is 0 Å². The summed E-state index contributed by atoms with van der Waals surface area (Å²) in [6.07, 6.45) is 7.23. The molecule has 1 aliphatic heterocycles. The molecule has 78 valence electrons. The van der Waals surface area contributed by atoms with Crippen LogP contribution in [0.2, 0.25) is 0 Å². The van der Waals surface area contributed by atoms with Gasteiger partial charge in [0.05, 0.1) is 0 Å². The van der Waals surface area contributed by atoms with Gasteiger partial charge in [-0.2, -0.15) is 0 Å². The molecule has 2 rings (SSSR count). The Morgan fingerprint density at radius 1 is 1.14 bits per heavy atom. The molecular formula is C10H16N2O2. The van der Waals surface area contributed by atoms with Gasteiger partial charge in [-0.3, -0.25) is 14.9 Å². The van der Waals surface area contributed by atoms with E-state index in [2.05, 4.69) is 5.32 Å². The highest BCUT2D eigenvalue weighted by Crippen LogP contribution is 2.30.